The molecule has 17 heavy (non-hydrogen) atoms. The van der Waals surface area contributed by atoms with Crippen LogP contribution in [0.15, 0.2) is 30.3 Å². The van der Waals surface area contributed by atoms with Crippen LogP contribution in [-0.4, -0.2) is 36.9 Å². The van der Waals surface area contributed by atoms with E-state index in [9.17, 15) is 4.79 Å². The lowest BCUT2D eigenvalue weighted by Crippen LogP contribution is -2.34. The van der Waals surface area contributed by atoms with Gasteiger partial charge in [-0.05, 0) is 25.1 Å². The highest BCUT2D eigenvalue weighted by Crippen LogP contribution is 2.07. The summed E-state index contributed by atoms with van der Waals surface area (Å²) < 4.78 is 5.25. The van der Waals surface area contributed by atoms with Crippen molar-refractivity contribution >= 4 is 11.7 Å². The molecule has 0 amide bonds. The number of carboxylic acids is 1. The third-order valence-electron chi connectivity index (χ3n) is 2.19. The number of benzene rings is 1. The molecule has 0 radical (unpaired) electrons. The molecule has 0 aromatic heterocycles. The number of rotatable bonds is 8. The molecule has 0 heterocycles. The van der Waals surface area contributed by atoms with Crippen LogP contribution >= 0.6 is 0 Å². The third-order valence-corrected chi connectivity index (χ3v) is 2.19. The molecule has 1 aromatic carbocycles. The van der Waals surface area contributed by atoms with Crippen molar-refractivity contribution in [3.8, 4) is 0 Å². The molecule has 0 saturated carbocycles. The summed E-state index contributed by atoms with van der Waals surface area (Å²) in [6, 6.07) is 8.45. The fourth-order valence-electron chi connectivity index (χ4n) is 1.30. The van der Waals surface area contributed by atoms with Crippen LogP contribution in [0.5, 0.6) is 0 Å². The molecule has 4 N–H and O–H groups in total. The summed E-state index contributed by atoms with van der Waals surface area (Å²) in [6.07, 6.45) is 0.734. The second-order valence-electron chi connectivity index (χ2n) is 3.62. The average molecular weight is 238 g/mol. The zero-order valence-corrected chi connectivity index (χ0v) is 9.63. The summed E-state index contributed by atoms with van der Waals surface area (Å²) >= 11 is 0. The lowest BCUT2D eigenvalue weighted by atomic mass is 10.2. The number of hydrogen-bond donors (Lipinski definition) is 3. The lowest BCUT2D eigenvalue weighted by molar-refractivity contribution is -0.139. The van der Waals surface area contributed by atoms with Crippen molar-refractivity contribution < 1.29 is 14.6 Å². The van der Waals surface area contributed by atoms with Crippen molar-refractivity contribution in [3.63, 3.8) is 0 Å². The Morgan fingerprint density at radius 2 is 2.12 bits per heavy atom. The summed E-state index contributed by atoms with van der Waals surface area (Å²) in [5, 5.41) is 11.9. The van der Waals surface area contributed by atoms with Gasteiger partial charge in [-0.2, -0.15) is 0 Å². The van der Waals surface area contributed by atoms with Crippen LogP contribution in [0.25, 0.3) is 0 Å². The Hall–Kier alpha value is -1.59. The van der Waals surface area contributed by atoms with E-state index in [2.05, 4.69) is 5.32 Å². The average Bonchev–Trinajstić information content (AvgIpc) is 2.34. The minimum Gasteiger partial charge on any atom is -0.480 e. The molecule has 0 fully saturated rings. The lowest BCUT2D eigenvalue weighted by Gasteiger charge is -2.15. The highest BCUT2D eigenvalue weighted by Gasteiger charge is 2.16. The monoisotopic (exact) mass is 238 g/mol. The van der Waals surface area contributed by atoms with Crippen molar-refractivity contribution in [2.24, 2.45) is 5.73 Å². The van der Waals surface area contributed by atoms with E-state index in [0.717, 1.165) is 12.1 Å². The molecule has 94 valence electrons. The van der Waals surface area contributed by atoms with Gasteiger partial charge in [-0.1, -0.05) is 18.2 Å². The van der Waals surface area contributed by atoms with Crippen molar-refractivity contribution in [2.75, 3.05) is 25.1 Å². The van der Waals surface area contributed by atoms with Gasteiger partial charge in [0.2, 0.25) is 0 Å². The van der Waals surface area contributed by atoms with Crippen molar-refractivity contribution in [1.29, 1.82) is 0 Å². The first-order valence-electron chi connectivity index (χ1n) is 5.56. The van der Waals surface area contributed by atoms with Gasteiger partial charge in [-0.25, -0.2) is 4.79 Å². The van der Waals surface area contributed by atoms with Crippen LogP contribution < -0.4 is 11.1 Å². The molecule has 1 unspecified atom stereocenters. The van der Waals surface area contributed by atoms with Crippen LogP contribution in [0.3, 0.4) is 0 Å². The van der Waals surface area contributed by atoms with Gasteiger partial charge in [-0.3, -0.25) is 0 Å². The molecule has 0 aliphatic rings. The maximum atomic E-state index is 11.0. The van der Waals surface area contributed by atoms with E-state index < -0.39 is 12.0 Å². The topological polar surface area (TPSA) is 84.6 Å². The standard InChI is InChI=1S/C12H18N2O3/c13-7-4-8-17-9-11(12(15)16)14-10-5-2-1-3-6-10/h1-3,5-6,11,14H,4,7-9,13H2,(H,15,16). The fourth-order valence-corrected chi connectivity index (χ4v) is 1.30. The molecule has 1 atom stereocenters. The van der Waals surface area contributed by atoms with Gasteiger partial charge in [0.25, 0.3) is 0 Å². The smallest absolute Gasteiger partial charge is 0.328 e. The number of anilines is 1. The summed E-state index contributed by atoms with van der Waals surface area (Å²) in [4.78, 5) is 11.0. The van der Waals surface area contributed by atoms with Crippen LogP contribution in [0.1, 0.15) is 6.42 Å². The van der Waals surface area contributed by atoms with Gasteiger partial charge in [0, 0.05) is 12.3 Å². The Morgan fingerprint density at radius 3 is 2.71 bits per heavy atom. The Bertz CT molecular complexity index is 330. The summed E-state index contributed by atoms with van der Waals surface area (Å²) in [5.74, 6) is -0.929. The Kier molecular flexibility index (Phi) is 6.06. The molecule has 5 heteroatoms. The SMILES string of the molecule is NCCCOCC(Nc1ccccc1)C(=O)O. The second kappa shape index (κ2) is 7.65. The van der Waals surface area contributed by atoms with E-state index >= 15 is 0 Å². The first-order valence-corrected chi connectivity index (χ1v) is 5.56. The molecule has 0 spiro atoms. The van der Waals surface area contributed by atoms with Gasteiger partial charge in [0.1, 0.15) is 6.04 Å². The molecule has 0 bridgehead atoms. The number of hydrogen-bond acceptors (Lipinski definition) is 4. The van der Waals surface area contributed by atoms with Crippen LogP contribution in [0.2, 0.25) is 0 Å². The number of nitrogens with one attached hydrogen (secondary N) is 1. The maximum Gasteiger partial charge on any atom is 0.328 e. The van der Waals surface area contributed by atoms with Gasteiger partial charge in [0.05, 0.1) is 6.61 Å². The molecule has 0 aliphatic carbocycles. The predicted octanol–water partition coefficient (Wildman–Crippen LogP) is 0.917. The number of para-hydroxylation sites is 1. The Morgan fingerprint density at radius 1 is 1.41 bits per heavy atom. The minimum absolute atomic E-state index is 0.129. The van der Waals surface area contributed by atoms with Crippen molar-refractivity contribution in [1.82, 2.24) is 0 Å². The second-order valence-corrected chi connectivity index (χ2v) is 3.62. The van der Waals surface area contributed by atoms with Crippen LogP contribution in [-0.2, 0) is 9.53 Å². The normalized spacial score (nSPS) is 12.1. The minimum atomic E-state index is -0.929. The Labute approximate surface area is 101 Å². The zero-order chi connectivity index (χ0) is 12.5. The summed E-state index contributed by atoms with van der Waals surface area (Å²) in [6.45, 7) is 1.16. The van der Waals surface area contributed by atoms with Crippen molar-refractivity contribution in [2.45, 2.75) is 12.5 Å². The maximum absolute atomic E-state index is 11.0. The molecular weight excluding hydrogens is 220 g/mol. The fraction of sp³-hybridized carbons (Fsp3) is 0.417. The summed E-state index contributed by atoms with van der Waals surface area (Å²) in [7, 11) is 0. The van der Waals surface area contributed by atoms with Crippen molar-refractivity contribution in [3.05, 3.63) is 30.3 Å². The molecule has 1 rings (SSSR count). The number of carbonyl (C=O) groups is 1. The van der Waals surface area contributed by atoms with Crippen LogP contribution in [0.4, 0.5) is 5.69 Å². The quantitative estimate of drug-likeness (QED) is 0.586. The first-order chi connectivity index (χ1) is 8.24. The van der Waals surface area contributed by atoms with E-state index in [0.29, 0.717) is 13.2 Å². The molecule has 1 aromatic rings. The van der Waals surface area contributed by atoms with Gasteiger partial charge in [-0.15, -0.1) is 0 Å². The zero-order valence-electron chi connectivity index (χ0n) is 9.63. The van der Waals surface area contributed by atoms with Crippen LogP contribution in [0, 0.1) is 0 Å². The Balaban J connectivity index is 2.41. The van der Waals surface area contributed by atoms with Gasteiger partial charge in [0.15, 0.2) is 0 Å². The number of ether oxygens (including phenoxy) is 1. The highest BCUT2D eigenvalue weighted by molar-refractivity contribution is 5.77. The highest BCUT2D eigenvalue weighted by atomic mass is 16.5. The predicted molar refractivity (Wildman–Crippen MR) is 66.0 cm³/mol. The van der Waals surface area contributed by atoms with E-state index in [4.69, 9.17) is 15.6 Å². The first kappa shape index (κ1) is 13.5. The van der Waals surface area contributed by atoms with E-state index in [1.807, 2.05) is 30.3 Å². The number of nitrogens with two attached hydrogens (primary N) is 1. The van der Waals surface area contributed by atoms with E-state index in [1.165, 1.54) is 0 Å². The van der Waals surface area contributed by atoms with E-state index in [1.54, 1.807) is 0 Å². The summed E-state index contributed by atoms with van der Waals surface area (Å²) in [5.41, 5.74) is 6.08. The van der Waals surface area contributed by atoms with Gasteiger partial charge >= 0.3 is 5.97 Å². The number of aliphatic carboxylic acids is 1. The largest absolute Gasteiger partial charge is 0.480 e. The van der Waals surface area contributed by atoms with E-state index in [-0.39, 0.29) is 6.61 Å². The number of carboxylic acid groups (broad SMARTS) is 1. The molecule has 0 aliphatic heterocycles. The third kappa shape index (κ3) is 5.33. The molecule has 0 saturated heterocycles. The molecular formula is C12H18N2O3. The molecule has 5 nitrogen and oxygen atoms in total. The van der Waals surface area contributed by atoms with Gasteiger partial charge < -0.3 is 20.9 Å².